The minimum Gasteiger partial charge on any atom is -0.477 e. The zero-order valence-electron chi connectivity index (χ0n) is 14.7. The van der Waals surface area contributed by atoms with Crippen molar-refractivity contribution in [2.45, 2.75) is 39.8 Å². The molecule has 0 saturated heterocycles. The van der Waals surface area contributed by atoms with Crippen molar-refractivity contribution in [1.29, 1.82) is 0 Å². The van der Waals surface area contributed by atoms with Gasteiger partial charge in [-0.15, -0.1) is 0 Å². The third-order valence-corrected chi connectivity index (χ3v) is 3.44. The number of benzene rings is 1. The standard InChI is InChI=1S/C18H22F3N3O/c1-11(2)10-25-16-14(18(19,20)21)9-22-17(24-16)23-15-8-6-5-7-13(15)12(3)4/h5-9,11-12H,10H2,1-4H3,(H,22,23,24). The molecule has 2 aromatic rings. The molecule has 0 unspecified atom stereocenters. The van der Waals surface area contributed by atoms with E-state index in [1.807, 2.05) is 52.0 Å². The van der Waals surface area contributed by atoms with Crippen LogP contribution in [0.5, 0.6) is 5.88 Å². The van der Waals surface area contributed by atoms with E-state index in [9.17, 15) is 13.2 Å². The summed E-state index contributed by atoms with van der Waals surface area (Å²) in [5, 5.41) is 2.99. The maximum Gasteiger partial charge on any atom is 0.423 e. The molecule has 0 spiro atoms. The molecule has 0 atom stereocenters. The predicted octanol–water partition coefficient (Wildman–Crippen LogP) is 5.40. The summed E-state index contributed by atoms with van der Waals surface area (Å²) < 4.78 is 44.6. The van der Waals surface area contributed by atoms with Crippen LogP contribution in [0, 0.1) is 5.92 Å². The topological polar surface area (TPSA) is 47.0 Å². The Hall–Kier alpha value is -2.31. The molecule has 0 radical (unpaired) electrons. The number of hydrogen-bond donors (Lipinski definition) is 1. The van der Waals surface area contributed by atoms with Gasteiger partial charge < -0.3 is 10.1 Å². The Bertz CT molecular complexity index is 715. The van der Waals surface area contributed by atoms with Crippen molar-refractivity contribution in [3.8, 4) is 5.88 Å². The van der Waals surface area contributed by atoms with Crippen LogP contribution in [0.2, 0.25) is 0 Å². The van der Waals surface area contributed by atoms with Crippen LogP contribution >= 0.6 is 0 Å². The highest BCUT2D eigenvalue weighted by Gasteiger charge is 2.36. The molecule has 4 nitrogen and oxygen atoms in total. The molecular weight excluding hydrogens is 331 g/mol. The van der Waals surface area contributed by atoms with Crippen molar-refractivity contribution in [1.82, 2.24) is 9.97 Å². The molecular formula is C18H22F3N3O. The Balaban J connectivity index is 2.35. The van der Waals surface area contributed by atoms with Gasteiger partial charge in [-0.1, -0.05) is 45.9 Å². The first-order valence-corrected chi connectivity index (χ1v) is 8.11. The fraction of sp³-hybridized carbons (Fsp3) is 0.444. The number of rotatable bonds is 6. The van der Waals surface area contributed by atoms with E-state index in [-0.39, 0.29) is 24.4 Å². The summed E-state index contributed by atoms with van der Waals surface area (Å²) in [6.07, 6.45) is -3.82. The number of anilines is 2. The van der Waals surface area contributed by atoms with Crippen molar-refractivity contribution in [3.63, 3.8) is 0 Å². The number of nitrogens with one attached hydrogen (secondary N) is 1. The Morgan fingerprint density at radius 2 is 1.80 bits per heavy atom. The van der Waals surface area contributed by atoms with Crippen LogP contribution < -0.4 is 10.1 Å². The van der Waals surface area contributed by atoms with Gasteiger partial charge in [0.05, 0.1) is 6.61 Å². The summed E-state index contributed by atoms with van der Waals surface area (Å²) in [5.74, 6) is -0.0653. The molecule has 2 rings (SSSR count). The van der Waals surface area contributed by atoms with Gasteiger partial charge in [0.25, 0.3) is 0 Å². The molecule has 1 aromatic heterocycles. The van der Waals surface area contributed by atoms with Crippen LogP contribution in [-0.2, 0) is 6.18 Å². The number of para-hydroxylation sites is 1. The first kappa shape index (κ1) is 19.0. The second-order valence-electron chi connectivity index (χ2n) is 6.48. The molecule has 1 aromatic carbocycles. The molecule has 1 heterocycles. The van der Waals surface area contributed by atoms with Crippen molar-refractivity contribution < 1.29 is 17.9 Å². The maximum absolute atomic E-state index is 13.1. The molecule has 0 aliphatic heterocycles. The highest BCUT2D eigenvalue weighted by atomic mass is 19.4. The minimum atomic E-state index is -4.57. The van der Waals surface area contributed by atoms with Crippen LogP contribution in [0.3, 0.4) is 0 Å². The number of ether oxygens (including phenoxy) is 1. The highest BCUT2D eigenvalue weighted by molar-refractivity contribution is 5.59. The molecule has 0 aliphatic rings. The van der Waals surface area contributed by atoms with E-state index in [2.05, 4.69) is 15.3 Å². The van der Waals surface area contributed by atoms with E-state index in [1.165, 1.54) is 0 Å². The lowest BCUT2D eigenvalue weighted by molar-refractivity contribution is -0.139. The van der Waals surface area contributed by atoms with Crippen LogP contribution in [0.1, 0.15) is 44.7 Å². The monoisotopic (exact) mass is 353 g/mol. The molecule has 0 aliphatic carbocycles. The number of nitrogens with zero attached hydrogens (tertiary/aromatic N) is 2. The van der Waals surface area contributed by atoms with Gasteiger partial charge in [-0.25, -0.2) is 4.98 Å². The largest absolute Gasteiger partial charge is 0.477 e. The van der Waals surface area contributed by atoms with Gasteiger partial charge in [0.1, 0.15) is 5.56 Å². The van der Waals surface area contributed by atoms with Crippen LogP contribution in [0.15, 0.2) is 30.5 Å². The predicted molar refractivity (Wildman–Crippen MR) is 91.2 cm³/mol. The van der Waals surface area contributed by atoms with E-state index in [0.29, 0.717) is 0 Å². The second-order valence-corrected chi connectivity index (χ2v) is 6.48. The summed E-state index contributed by atoms with van der Waals surface area (Å²) >= 11 is 0. The van der Waals surface area contributed by atoms with Crippen molar-refractivity contribution >= 4 is 11.6 Å². The number of hydrogen-bond acceptors (Lipinski definition) is 4. The first-order valence-electron chi connectivity index (χ1n) is 8.11. The van der Waals surface area contributed by atoms with E-state index in [4.69, 9.17) is 4.74 Å². The normalized spacial score (nSPS) is 11.9. The fourth-order valence-corrected chi connectivity index (χ4v) is 2.21. The fourth-order valence-electron chi connectivity index (χ4n) is 2.21. The lowest BCUT2D eigenvalue weighted by Crippen LogP contribution is -2.14. The zero-order chi connectivity index (χ0) is 18.6. The number of aromatic nitrogens is 2. The van der Waals surface area contributed by atoms with Gasteiger partial charge in [-0.2, -0.15) is 18.2 Å². The Morgan fingerprint density at radius 1 is 1.12 bits per heavy atom. The van der Waals surface area contributed by atoms with Gasteiger partial charge in [-0.05, 0) is 23.5 Å². The summed E-state index contributed by atoms with van der Waals surface area (Å²) in [6.45, 7) is 7.91. The second kappa shape index (κ2) is 7.72. The molecule has 7 heteroatoms. The third kappa shape index (κ3) is 5.08. The highest BCUT2D eigenvalue weighted by Crippen LogP contribution is 2.36. The van der Waals surface area contributed by atoms with E-state index < -0.39 is 17.6 Å². The maximum atomic E-state index is 13.1. The number of halogens is 3. The van der Waals surface area contributed by atoms with E-state index in [1.54, 1.807) is 0 Å². The van der Waals surface area contributed by atoms with Crippen molar-refractivity contribution in [2.75, 3.05) is 11.9 Å². The lowest BCUT2D eigenvalue weighted by atomic mass is 10.0. The average Bonchev–Trinajstić information content (AvgIpc) is 2.52. The minimum absolute atomic E-state index is 0.0693. The summed E-state index contributed by atoms with van der Waals surface area (Å²) in [5.41, 5.74) is 0.804. The van der Waals surface area contributed by atoms with Crippen molar-refractivity contribution in [3.05, 3.63) is 41.6 Å². The molecule has 0 amide bonds. The molecule has 0 bridgehead atoms. The van der Waals surface area contributed by atoms with E-state index in [0.717, 1.165) is 17.4 Å². The third-order valence-electron chi connectivity index (χ3n) is 3.44. The van der Waals surface area contributed by atoms with Crippen LogP contribution in [-0.4, -0.2) is 16.6 Å². The molecule has 136 valence electrons. The van der Waals surface area contributed by atoms with Gasteiger partial charge >= 0.3 is 6.18 Å². The van der Waals surface area contributed by atoms with Gasteiger partial charge in [-0.3, -0.25) is 0 Å². The number of alkyl halides is 3. The summed E-state index contributed by atoms with van der Waals surface area (Å²) in [7, 11) is 0. The smallest absolute Gasteiger partial charge is 0.423 e. The lowest BCUT2D eigenvalue weighted by Gasteiger charge is -2.16. The van der Waals surface area contributed by atoms with Gasteiger partial charge in [0, 0.05) is 11.9 Å². The Kier molecular flexibility index (Phi) is 5.87. The first-order chi connectivity index (χ1) is 11.7. The zero-order valence-corrected chi connectivity index (χ0v) is 14.7. The Labute approximate surface area is 145 Å². The van der Waals surface area contributed by atoms with Gasteiger partial charge in [0.2, 0.25) is 11.8 Å². The molecule has 25 heavy (non-hydrogen) atoms. The van der Waals surface area contributed by atoms with Gasteiger partial charge in [0.15, 0.2) is 0 Å². The molecule has 0 saturated carbocycles. The van der Waals surface area contributed by atoms with Crippen molar-refractivity contribution in [2.24, 2.45) is 5.92 Å². The average molecular weight is 353 g/mol. The molecule has 1 N–H and O–H groups in total. The van der Waals surface area contributed by atoms with Crippen LogP contribution in [0.4, 0.5) is 24.8 Å². The summed E-state index contributed by atoms with van der Waals surface area (Å²) in [6, 6.07) is 7.54. The Morgan fingerprint density at radius 3 is 2.40 bits per heavy atom. The molecule has 0 fully saturated rings. The SMILES string of the molecule is CC(C)COc1nc(Nc2ccccc2C(C)C)ncc1C(F)(F)F. The van der Waals surface area contributed by atoms with E-state index >= 15 is 0 Å². The summed E-state index contributed by atoms with van der Waals surface area (Å²) in [4.78, 5) is 7.75. The quantitative estimate of drug-likeness (QED) is 0.755. The van der Waals surface area contributed by atoms with Crippen LogP contribution in [0.25, 0.3) is 0 Å².